The second-order valence-corrected chi connectivity index (χ2v) is 8.59. The van der Waals surface area contributed by atoms with Crippen LogP contribution in [-0.4, -0.2) is 32.4 Å². The van der Waals surface area contributed by atoms with Crippen molar-refractivity contribution in [3.8, 4) is 0 Å². The standard InChI is InChI=1S/C18H21ClN2O2S/c1-13-7-8-16(9-18(13)19)24(22,23)21-11-15(10-20)17(12-21)14-5-3-2-4-6-14/h2-9,15,17H,10-12,20H2,1H3/t15-,17+/m1/s1. The highest BCUT2D eigenvalue weighted by molar-refractivity contribution is 7.89. The normalized spacial score (nSPS) is 22.0. The van der Waals surface area contributed by atoms with Gasteiger partial charge in [-0.25, -0.2) is 8.42 Å². The number of nitrogens with two attached hydrogens (primary N) is 1. The maximum absolute atomic E-state index is 13.0. The molecule has 0 unspecified atom stereocenters. The van der Waals surface area contributed by atoms with Crippen molar-refractivity contribution in [2.45, 2.75) is 17.7 Å². The predicted octanol–water partition coefficient (Wildman–Crippen LogP) is 3.01. The number of halogens is 1. The van der Waals surface area contributed by atoms with Gasteiger partial charge < -0.3 is 5.73 Å². The van der Waals surface area contributed by atoms with Crippen LogP contribution in [0.4, 0.5) is 0 Å². The van der Waals surface area contributed by atoms with Crippen molar-refractivity contribution >= 4 is 21.6 Å². The first kappa shape index (κ1) is 17.4. The molecule has 2 atom stereocenters. The van der Waals surface area contributed by atoms with Gasteiger partial charge in [0.15, 0.2) is 0 Å². The Hall–Kier alpha value is -1.40. The van der Waals surface area contributed by atoms with Gasteiger partial charge in [-0.3, -0.25) is 0 Å². The third-order valence-corrected chi connectivity index (χ3v) is 6.95. The van der Waals surface area contributed by atoms with Crippen LogP contribution < -0.4 is 5.73 Å². The Bertz CT molecular complexity index is 824. The van der Waals surface area contributed by atoms with Gasteiger partial charge in [0.2, 0.25) is 10.0 Å². The summed E-state index contributed by atoms with van der Waals surface area (Å²) in [5.74, 6) is 0.231. The molecule has 1 fully saturated rings. The maximum atomic E-state index is 13.0. The fourth-order valence-electron chi connectivity index (χ4n) is 3.23. The SMILES string of the molecule is Cc1ccc(S(=O)(=O)N2C[C@@H](CN)[C@H](c3ccccc3)C2)cc1Cl. The highest BCUT2D eigenvalue weighted by atomic mass is 35.5. The van der Waals surface area contributed by atoms with Gasteiger partial charge in [0.05, 0.1) is 4.90 Å². The summed E-state index contributed by atoms with van der Waals surface area (Å²) in [6, 6.07) is 14.8. The zero-order valence-corrected chi connectivity index (χ0v) is 15.1. The number of rotatable bonds is 4. The fraction of sp³-hybridized carbons (Fsp3) is 0.333. The number of nitrogens with zero attached hydrogens (tertiary/aromatic N) is 1. The molecule has 0 radical (unpaired) electrons. The van der Waals surface area contributed by atoms with Crippen molar-refractivity contribution in [2.24, 2.45) is 11.7 Å². The summed E-state index contributed by atoms with van der Waals surface area (Å²) in [6.07, 6.45) is 0. The van der Waals surface area contributed by atoms with E-state index in [1.807, 2.05) is 37.3 Å². The number of hydrogen-bond acceptors (Lipinski definition) is 3. The summed E-state index contributed by atoms with van der Waals surface area (Å²) >= 11 is 6.10. The quantitative estimate of drug-likeness (QED) is 0.907. The minimum absolute atomic E-state index is 0.114. The highest BCUT2D eigenvalue weighted by Crippen LogP contribution is 2.35. The van der Waals surface area contributed by atoms with Crippen LogP contribution in [0.25, 0.3) is 0 Å². The van der Waals surface area contributed by atoms with Crippen LogP contribution in [0.1, 0.15) is 17.0 Å². The molecule has 0 bridgehead atoms. The van der Waals surface area contributed by atoms with E-state index in [1.54, 1.807) is 12.1 Å². The molecular formula is C18H21ClN2O2S. The first-order chi connectivity index (χ1) is 11.4. The Labute approximate surface area is 148 Å². The number of benzene rings is 2. The molecule has 1 heterocycles. The second-order valence-electron chi connectivity index (χ2n) is 6.25. The minimum Gasteiger partial charge on any atom is -0.330 e. The third kappa shape index (κ3) is 3.22. The van der Waals surface area contributed by atoms with E-state index in [9.17, 15) is 8.42 Å². The fourth-order valence-corrected chi connectivity index (χ4v) is 5.02. The highest BCUT2D eigenvalue weighted by Gasteiger charge is 2.39. The molecule has 0 aliphatic carbocycles. The zero-order valence-electron chi connectivity index (χ0n) is 13.5. The van der Waals surface area contributed by atoms with E-state index >= 15 is 0 Å². The van der Waals surface area contributed by atoms with Gasteiger partial charge >= 0.3 is 0 Å². The van der Waals surface area contributed by atoms with Crippen molar-refractivity contribution in [1.82, 2.24) is 4.31 Å². The van der Waals surface area contributed by atoms with Crippen molar-refractivity contribution in [3.63, 3.8) is 0 Å². The van der Waals surface area contributed by atoms with Gasteiger partial charge in [0, 0.05) is 24.0 Å². The van der Waals surface area contributed by atoms with E-state index in [4.69, 9.17) is 17.3 Å². The van der Waals surface area contributed by atoms with Crippen molar-refractivity contribution in [1.29, 1.82) is 0 Å². The van der Waals surface area contributed by atoms with Crippen LogP contribution >= 0.6 is 11.6 Å². The zero-order chi connectivity index (χ0) is 17.3. The molecule has 4 nitrogen and oxygen atoms in total. The first-order valence-electron chi connectivity index (χ1n) is 7.95. The average Bonchev–Trinajstić information content (AvgIpc) is 3.03. The Morgan fingerprint density at radius 2 is 1.88 bits per heavy atom. The molecule has 6 heteroatoms. The van der Waals surface area contributed by atoms with Gasteiger partial charge in [-0.1, -0.05) is 48.0 Å². The Kier molecular flexibility index (Phi) is 4.97. The summed E-state index contributed by atoms with van der Waals surface area (Å²) in [4.78, 5) is 0.239. The monoisotopic (exact) mass is 364 g/mol. The van der Waals surface area contributed by atoms with Crippen LogP contribution in [0.2, 0.25) is 5.02 Å². The van der Waals surface area contributed by atoms with E-state index < -0.39 is 10.0 Å². The molecule has 1 aliphatic heterocycles. The maximum Gasteiger partial charge on any atom is 0.243 e. The molecular weight excluding hydrogens is 344 g/mol. The van der Waals surface area contributed by atoms with Crippen LogP contribution in [0.5, 0.6) is 0 Å². The number of hydrogen-bond donors (Lipinski definition) is 1. The minimum atomic E-state index is -3.57. The molecule has 128 valence electrons. The first-order valence-corrected chi connectivity index (χ1v) is 9.76. The second kappa shape index (κ2) is 6.84. The largest absolute Gasteiger partial charge is 0.330 e. The third-order valence-electron chi connectivity index (χ3n) is 4.72. The average molecular weight is 365 g/mol. The number of sulfonamides is 1. The molecule has 2 aromatic carbocycles. The van der Waals surface area contributed by atoms with E-state index in [2.05, 4.69) is 0 Å². The number of aryl methyl sites for hydroxylation is 1. The summed E-state index contributed by atoms with van der Waals surface area (Å²) in [5.41, 5.74) is 7.90. The van der Waals surface area contributed by atoms with E-state index in [-0.39, 0.29) is 16.7 Å². The summed E-state index contributed by atoms with van der Waals surface area (Å²) in [7, 11) is -3.57. The summed E-state index contributed by atoms with van der Waals surface area (Å²) < 4.78 is 27.5. The van der Waals surface area contributed by atoms with Crippen molar-refractivity contribution < 1.29 is 8.42 Å². The predicted molar refractivity (Wildman–Crippen MR) is 96.7 cm³/mol. The lowest BCUT2D eigenvalue weighted by Gasteiger charge is -2.17. The van der Waals surface area contributed by atoms with Crippen LogP contribution in [-0.2, 0) is 10.0 Å². The van der Waals surface area contributed by atoms with Gasteiger partial charge in [-0.2, -0.15) is 4.31 Å². The lowest BCUT2D eigenvalue weighted by Crippen LogP contribution is -2.30. The smallest absolute Gasteiger partial charge is 0.243 e. The molecule has 0 saturated carbocycles. The van der Waals surface area contributed by atoms with E-state index in [0.717, 1.165) is 11.1 Å². The summed E-state index contributed by atoms with van der Waals surface area (Å²) in [5, 5.41) is 0.463. The molecule has 0 amide bonds. The topological polar surface area (TPSA) is 63.4 Å². The lowest BCUT2D eigenvalue weighted by atomic mass is 9.89. The van der Waals surface area contributed by atoms with Crippen LogP contribution in [0.15, 0.2) is 53.4 Å². The van der Waals surface area contributed by atoms with Crippen LogP contribution in [0, 0.1) is 12.8 Å². The molecule has 2 aromatic rings. The molecule has 0 aromatic heterocycles. The molecule has 24 heavy (non-hydrogen) atoms. The Morgan fingerprint density at radius 3 is 2.50 bits per heavy atom. The van der Waals surface area contributed by atoms with E-state index in [0.29, 0.717) is 24.7 Å². The van der Waals surface area contributed by atoms with Crippen molar-refractivity contribution in [2.75, 3.05) is 19.6 Å². The summed E-state index contributed by atoms with van der Waals surface area (Å²) in [6.45, 7) is 3.19. The molecule has 2 N–H and O–H groups in total. The van der Waals surface area contributed by atoms with Gasteiger partial charge in [-0.05, 0) is 42.6 Å². The van der Waals surface area contributed by atoms with Gasteiger partial charge in [0.25, 0.3) is 0 Å². The lowest BCUT2D eigenvalue weighted by molar-refractivity contribution is 0.459. The van der Waals surface area contributed by atoms with Gasteiger partial charge in [0.1, 0.15) is 0 Å². The van der Waals surface area contributed by atoms with E-state index in [1.165, 1.54) is 10.4 Å². The molecule has 0 spiro atoms. The van der Waals surface area contributed by atoms with Crippen molar-refractivity contribution in [3.05, 3.63) is 64.7 Å². The molecule has 1 saturated heterocycles. The Balaban J connectivity index is 1.91. The van der Waals surface area contributed by atoms with Gasteiger partial charge in [-0.15, -0.1) is 0 Å². The molecule has 1 aliphatic rings. The van der Waals surface area contributed by atoms with Crippen LogP contribution in [0.3, 0.4) is 0 Å². The Morgan fingerprint density at radius 1 is 1.17 bits per heavy atom. The molecule has 3 rings (SSSR count).